The fourth-order valence-electron chi connectivity index (χ4n) is 3.10. The largest absolute Gasteiger partial charge is 0.463 e. The number of pyridine rings is 1. The summed E-state index contributed by atoms with van der Waals surface area (Å²) in [4.78, 5) is 19.2. The molecule has 0 aromatic carbocycles. The molecule has 116 valence electrons. The average Bonchev–Trinajstić information content (AvgIpc) is 3.15. The van der Waals surface area contributed by atoms with Gasteiger partial charge < -0.3 is 15.1 Å². The quantitative estimate of drug-likeness (QED) is 0.945. The summed E-state index contributed by atoms with van der Waals surface area (Å²) in [5.41, 5.74) is 7.86. The van der Waals surface area contributed by atoms with E-state index in [1.807, 2.05) is 36.1 Å². The van der Waals surface area contributed by atoms with Gasteiger partial charge in [0.2, 0.25) is 0 Å². The number of hydrogen-bond donors (Lipinski definition) is 1. The monoisotopic (exact) mass is 299 g/mol. The molecule has 0 radical (unpaired) electrons. The molecule has 5 nitrogen and oxygen atoms in total. The maximum Gasteiger partial charge on any atom is 0.255 e. The molecule has 2 unspecified atom stereocenters. The van der Waals surface area contributed by atoms with E-state index in [0.29, 0.717) is 23.8 Å². The Hall–Kier alpha value is -2.14. The number of nitrogens with two attached hydrogens (primary N) is 1. The van der Waals surface area contributed by atoms with E-state index in [1.54, 1.807) is 6.26 Å². The maximum atomic E-state index is 12.8. The molecular formula is C17H21N3O2. The first-order chi connectivity index (χ1) is 10.6. The summed E-state index contributed by atoms with van der Waals surface area (Å²) in [7, 11) is 0. The van der Waals surface area contributed by atoms with Gasteiger partial charge in [-0.2, -0.15) is 0 Å². The van der Waals surface area contributed by atoms with Crippen LogP contribution in [0.25, 0.3) is 11.5 Å². The first-order valence-electron chi connectivity index (χ1n) is 7.62. The summed E-state index contributed by atoms with van der Waals surface area (Å²) in [5, 5.41) is 0. The van der Waals surface area contributed by atoms with Gasteiger partial charge in [0.1, 0.15) is 5.69 Å². The molecule has 2 atom stereocenters. The minimum atomic E-state index is 0.0412. The van der Waals surface area contributed by atoms with Gasteiger partial charge >= 0.3 is 0 Å². The predicted octanol–water partition coefficient (Wildman–Crippen LogP) is 2.46. The second kappa shape index (κ2) is 5.93. The van der Waals surface area contributed by atoms with E-state index in [0.717, 1.165) is 24.4 Å². The number of aryl methyl sites for hydroxylation is 1. The van der Waals surface area contributed by atoms with Crippen molar-refractivity contribution >= 4 is 5.91 Å². The van der Waals surface area contributed by atoms with Crippen LogP contribution in [0.5, 0.6) is 0 Å². The number of amides is 1. The van der Waals surface area contributed by atoms with Gasteiger partial charge in [-0.1, -0.05) is 0 Å². The zero-order valence-corrected chi connectivity index (χ0v) is 13.0. The van der Waals surface area contributed by atoms with Gasteiger partial charge in [0.05, 0.1) is 17.5 Å². The number of nitrogens with zero attached hydrogens (tertiary/aromatic N) is 2. The molecular weight excluding hydrogens is 278 g/mol. The highest BCUT2D eigenvalue weighted by molar-refractivity contribution is 5.95. The van der Waals surface area contributed by atoms with Crippen LogP contribution in [0, 0.1) is 12.8 Å². The highest BCUT2D eigenvalue weighted by atomic mass is 16.3. The number of furan rings is 1. The van der Waals surface area contributed by atoms with Crippen molar-refractivity contribution in [1.29, 1.82) is 0 Å². The van der Waals surface area contributed by atoms with Gasteiger partial charge in [0, 0.05) is 12.6 Å². The number of hydrogen-bond acceptors (Lipinski definition) is 4. The minimum absolute atomic E-state index is 0.0412. The fraction of sp³-hybridized carbons (Fsp3) is 0.412. The molecule has 1 saturated heterocycles. The molecule has 2 N–H and O–H groups in total. The molecule has 5 heteroatoms. The number of rotatable bonds is 3. The van der Waals surface area contributed by atoms with Crippen molar-refractivity contribution in [3.63, 3.8) is 0 Å². The predicted molar refractivity (Wildman–Crippen MR) is 84.3 cm³/mol. The van der Waals surface area contributed by atoms with E-state index < -0.39 is 0 Å². The summed E-state index contributed by atoms with van der Waals surface area (Å²) in [5.74, 6) is 1.15. The lowest BCUT2D eigenvalue weighted by Crippen LogP contribution is -2.35. The van der Waals surface area contributed by atoms with E-state index in [4.69, 9.17) is 10.2 Å². The molecule has 1 fully saturated rings. The number of carbonyl (C=O) groups is 1. The van der Waals surface area contributed by atoms with Gasteiger partial charge in [-0.15, -0.1) is 0 Å². The van der Waals surface area contributed by atoms with Crippen LogP contribution >= 0.6 is 0 Å². The van der Waals surface area contributed by atoms with Crippen molar-refractivity contribution in [3.8, 4) is 11.5 Å². The number of likely N-dealkylation sites (tertiary alicyclic amines) is 1. The SMILES string of the molecule is Cc1nc(-c2ccco2)ccc1C(=O)N1CC(CN)CC1C. The zero-order chi connectivity index (χ0) is 15.7. The normalized spacial score (nSPS) is 21.3. The summed E-state index contributed by atoms with van der Waals surface area (Å²) in [6.07, 6.45) is 2.59. The highest BCUT2D eigenvalue weighted by Gasteiger charge is 2.32. The average molecular weight is 299 g/mol. The van der Waals surface area contributed by atoms with E-state index >= 15 is 0 Å². The second-order valence-corrected chi connectivity index (χ2v) is 5.95. The molecule has 2 aromatic rings. The van der Waals surface area contributed by atoms with Gasteiger partial charge in [0.15, 0.2) is 5.76 Å². The summed E-state index contributed by atoms with van der Waals surface area (Å²) in [6.45, 7) is 5.30. The molecule has 1 aliphatic heterocycles. The molecule has 0 aliphatic carbocycles. The summed E-state index contributed by atoms with van der Waals surface area (Å²) in [6, 6.07) is 7.58. The molecule has 0 spiro atoms. The molecule has 1 amide bonds. The minimum Gasteiger partial charge on any atom is -0.463 e. The van der Waals surface area contributed by atoms with Gasteiger partial charge in [-0.3, -0.25) is 4.79 Å². The third-order valence-corrected chi connectivity index (χ3v) is 4.35. The van der Waals surface area contributed by atoms with Crippen LogP contribution in [-0.4, -0.2) is 34.9 Å². The molecule has 22 heavy (non-hydrogen) atoms. The molecule has 3 heterocycles. The van der Waals surface area contributed by atoms with Crippen LogP contribution in [0.15, 0.2) is 34.9 Å². The third kappa shape index (κ3) is 2.64. The van der Waals surface area contributed by atoms with Crippen LogP contribution in [-0.2, 0) is 0 Å². The Bertz CT molecular complexity index is 667. The molecule has 0 saturated carbocycles. The van der Waals surface area contributed by atoms with Crippen molar-refractivity contribution in [3.05, 3.63) is 41.8 Å². The topological polar surface area (TPSA) is 72.4 Å². The summed E-state index contributed by atoms with van der Waals surface area (Å²) < 4.78 is 5.35. The van der Waals surface area contributed by atoms with Crippen LogP contribution in [0.1, 0.15) is 29.4 Å². The van der Waals surface area contributed by atoms with Crippen LogP contribution < -0.4 is 5.73 Å². The van der Waals surface area contributed by atoms with Crippen molar-refractivity contribution < 1.29 is 9.21 Å². The second-order valence-electron chi connectivity index (χ2n) is 5.95. The van der Waals surface area contributed by atoms with Crippen molar-refractivity contribution in [2.45, 2.75) is 26.3 Å². The number of carbonyl (C=O) groups excluding carboxylic acids is 1. The highest BCUT2D eigenvalue weighted by Crippen LogP contribution is 2.26. The van der Waals surface area contributed by atoms with E-state index in [2.05, 4.69) is 11.9 Å². The smallest absolute Gasteiger partial charge is 0.255 e. The Morgan fingerprint density at radius 1 is 1.45 bits per heavy atom. The lowest BCUT2D eigenvalue weighted by molar-refractivity contribution is 0.0742. The van der Waals surface area contributed by atoms with Crippen molar-refractivity contribution in [2.75, 3.05) is 13.1 Å². The zero-order valence-electron chi connectivity index (χ0n) is 13.0. The number of aromatic nitrogens is 1. The molecule has 0 bridgehead atoms. The first kappa shape index (κ1) is 14.8. The standard InChI is InChI=1S/C17H21N3O2/c1-11-8-13(9-18)10-20(11)17(21)14-5-6-15(19-12(14)2)16-4-3-7-22-16/h3-7,11,13H,8-10,18H2,1-2H3. The molecule has 2 aromatic heterocycles. The van der Waals surface area contributed by atoms with Crippen LogP contribution in [0.4, 0.5) is 0 Å². The Morgan fingerprint density at radius 2 is 2.27 bits per heavy atom. The van der Waals surface area contributed by atoms with Gasteiger partial charge in [0.25, 0.3) is 5.91 Å². The van der Waals surface area contributed by atoms with Crippen molar-refractivity contribution in [1.82, 2.24) is 9.88 Å². The lowest BCUT2D eigenvalue weighted by Gasteiger charge is -2.22. The fourth-order valence-corrected chi connectivity index (χ4v) is 3.10. The van der Waals surface area contributed by atoms with E-state index in [-0.39, 0.29) is 11.9 Å². The lowest BCUT2D eigenvalue weighted by atomic mass is 10.1. The molecule has 1 aliphatic rings. The third-order valence-electron chi connectivity index (χ3n) is 4.35. The molecule has 3 rings (SSSR count). The van der Waals surface area contributed by atoms with Gasteiger partial charge in [-0.05, 0) is 57.0 Å². The van der Waals surface area contributed by atoms with E-state index in [9.17, 15) is 4.79 Å². The summed E-state index contributed by atoms with van der Waals surface area (Å²) >= 11 is 0. The van der Waals surface area contributed by atoms with Gasteiger partial charge in [-0.25, -0.2) is 4.98 Å². The Balaban J connectivity index is 1.84. The van der Waals surface area contributed by atoms with Crippen LogP contribution in [0.2, 0.25) is 0 Å². The maximum absolute atomic E-state index is 12.8. The van der Waals surface area contributed by atoms with E-state index in [1.165, 1.54) is 0 Å². The Morgan fingerprint density at radius 3 is 2.86 bits per heavy atom. The Labute approximate surface area is 130 Å². The Kier molecular flexibility index (Phi) is 3.98. The van der Waals surface area contributed by atoms with Crippen LogP contribution in [0.3, 0.4) is 0 Å². The van der Waals surface area contributed by atoms with Crippen molar-refractivity contribution in [2.24, 2.45) is 11.7 Å². The first-order valence-corrected chi connectivity index (χ1v) is 7.62.